The fraction of sp³-hybridized carbons (Fsp3) is 0.526. The predicted octanol–water partition coefficient (Wildman–Crippen LogP) is 2.70. The summed E-state index contributed by atoms with van der Waals surface area (Å²) < 4.78 is 14.9. The van der Waals surface area contributed by atoms with Gasteiger partial charge in [-0.05, 0) is 35.8 Å². The van der Waals surface area contributed by atoms with Crippen LogP contribution < -0.4 is 0 Å². The molecule has 24 heavy (non-hydrogen) atoms. The van der Waals surface area contributed by atoms with Crippen LogP contribution in [-0.2, 0) is 15.8 Å². The molecule has 0 bridgehead atoms. The van der Waals surface area contributed by atoms with Crippen molar-refractivity contribution >= 4 is 23.0 Å². The smallest absolute Gasteiger partial charge is 0.209 e. The lowest BCUT2D eigenvalue weighted by molar-refractivity contribution is -0.119. The zero-order chi connectivity index (χ0) is 17.0. The van der Waals surface area contributed by atoms with Crippen LogP contribution in [0.15, 0.2) is 36.4 Å². The Morgan fingerprint density at radius 1 is 1.17 bits per heavy atom. The topological polar surface area (TPSA) is 40.6 Å². The Morgan fingerprint density at radius 2 is 1.88 bits per heavy atom. The van der Waals surface area contributed by atoms with Gasteiger partial charge in [-0.15, -0.1) is 0 Å². The molecule has 1 aromatic rings. The van der Waals surface area contributed by atoms with Gasteiger partial charge in [-0.3, -0.25) is 4.79 Å². The third-order valence-corrected chi connectivity index (χ3v) is 7.08. The van der Waals surface area contributed by atoms with Gasteiger partial charge in [-0.1, -0.05) is 43.3 Å². The van der Waals surface area contributed by atoms with Gasteiger partial charge in [0.2, 0.25) is 6.41 Å². The fourth-order valence-corrected chi connectivity index (χ4v) is 5.06. The van der Waals surface area contributed by atoms with Crippen LogP contribution in [0.3, 0.4) is 0 Å². The Hall–Kier alpha value is -1.46. The van der Waals surface area contributed by atoms with Crippen LogP contribution in [0.25, 0.3) is 5.57 Å². The number of likely N-dealkylation sites (tertiary alicyclic amines) is 1. The summed E-state index contributed by atoms with van der Waals surface area (Å²) in [5.74, 6) is 0.703. The van der Waals surface area contributed by atoms with E-state index in [1.165, 1.54) is 11.1 Å². The summed E-state index contributed by atoms with van der Waals surface area (Å²) in [4.78, 5) is 12.7. The van der Waals surface area contributed by atoms with Gasteiger partial charge in [-0.2, -0.15) is 0 Å². The van der Waals surface area contributed by atoms with Gasteiger partial charge < -0.3 is 4.90 Å². The first-order valence-corrected chi connectivity index (χ1v) is 9.94. The van der Waals surface area contributed by atoms with Crippen molar-refractivity contribution < 1.29 is 9.00 Å². The highest BCUT2D eigenvalue weighted by molar-refractivity contribution is 7.82. The monoisotopic (exact) mass is 346 g/mol. The summed E-state index contributed by atoms with van der Waals surface area (Å²) in [6, 6.07) is 10.4. The van der Waals surface area contributed by atoms with Crippen LogP contribution in [0.5, 0.6) is 0 Å². The number of carbonyl (C=O) groups excluding carboxylic acids is 1. The molecule has 1 saturated heterocycles. The average molecular weight is 346 g/mol. The van der Waals surface area contributed by atoms with Gasteiger partial charge in [0.15, 0.2) is 0 Å². The van der Waals surface area contributed by atoms with Crippen LogP contribution in [0.2, 0.25) is 0 Å². The van der Waals surface area contributed by atoms with Gasteiger partial charge >= 0.3 is 0 Å². The molecule has 1 aromatic carbocycles. The van der Waals surface area contributed by atoms with Crippen molar-refractivity contribution in [3.05, 3.63) is 42.0 Å². The Balaban J connectivity index is 1.55. The highest BCUT2D eigenvalue weighted by Crippen LogP contribution is 2.32. The third kappa shape index (κ3) is 4.14. The SMILES string of the molecule is CC1(CS(=O)N2CC=C(c3ccccc3)CC2)CCN(C=O)CC1. The van der Waals surface area contributed by atoms with E-state index >= 15 is 0 Å². The van der Waals surface area contributed by atoms with Crippen molar-refractivity contribution in [2.75, 3.05) is 31.9 Å². The lowest BCUT2D eigenvalue weighted by atomic mass is 9.82. The molecular formula is C19H26N2O2S. The number of piperidine rings is 1. The van der Waals surface area contributed by atoms with Crippen molar-refractivity contribution in [2.24, 2.45) is 5.41 Å². The molecule has 2 heterocycles. The van der Waals surface area contributed by atoms with E-state index in [-0.39, 0.29) is 5.41 Å². The second-order valence-electron chi connectivity index (χ2n) is 7.15. The summed E-state index contributed by atoms with van der Waals surface area (Å²) in [5.41, 5.74) is 2.71. The first-order chi connectivity index (χ1) is 11.6. The molecule has 0 aromatic heterocycles. The van der Waals surface area contributed by atoms with Crippen LogP contribution >= 0.6 is 0 Å². The van der Waals surface area contributed by atoms with Gasteiger partial charge in [0.25, 0.3) is 0 Å². The van der Waals surface area contributed by atoms with E-state index in [0.29, 0.717) is 5.75 Å². The molecule has 2 aliphatic rings. The van der Waals surface area contributed by atoms with Crippen molar-refractivity contribution in [2.45, 2.75) is 26.2 Å². The van der Waals surface area contributed by atoms with Crippen LogP contribution in [0.4, 0.5) is 0 Å². The number of carbonyl (C=O) groups is 1. The number of rotatable bonds is 5. The molecule has 4 nitrogen and oxygen atoms in total. The molecule has 1 amide bonds. The molecule has 0 spiro atoms. The number of hydrogen-bond acceptors (Lipinski definition) is 2. The predicted molar refractivity (Wildman–Crippen MR) is 98.6 cm³/mol. The minimum Gasteiger partial charge on any atom is -0.345 e. The number of nitrogens with zero attached hydrogens (tertiary/aromatic N) is 2. The van der Waals surface area contributed by atoms with Crippen molar-refractivity contribution in [1.29, 1.82) is 0 Å². The molecular weight excluding hydrogens is 320 g/mol. The minimum atomic E-state index is -0.946. The summed E-state index contributed by atoms with van der Waals surface area (Å²) in [6.45, 7) is 5.39. The molecule has 0 radical (unpaired) electrons. The molecule has 5 heteroatoms. The highest BCUT2D eigenvalue weighted by Gasteiger charge is 2.33. The van der Waals surface area contributed by atoms with Gasteiger partial charge in [0.1, 0.15) is 0 Å². The van der Waals surface area contributed by atoms with Gasteiger partial charge in [0, 0.05) is 31.9 Å². The number of amides is 1. The molecule has 0 N–H and O–H groups in total. The second-order valence-corrected chi connectivity index (χ2v) is 8.60. The minimum absolute atomic E-state index is 0.0772. The first-order valence-electron chi connectivity index (χ1n) is 8.67. The van der Waals surface area contributed by atoms with E-state index in [0.717, 1.165) is 51.9 Å². The second kappa shape index (κ2) is 7.62. The standard InChI is InChI=1S/C19H26N2O2S/c1-19(9-13-20(16-22)14-10-19)15-24(23)21-11-7-18(8-12-21)17-5-3-2-4-6-17/h2-7,16H,8-15H2,1H3. The Kier molecular flexibility index (Phi) is 5.51. The van der Waals surface area contributed by atoms with Crippen LogP contribution in [-0.4, -0.2) is 51.8 Å². The van der Waals surface area contributed by atoms with E-state index in [1.807, 2.05) is 11.0 Å². The maximum atomic E-state index is 12.8. The van der Waals surface area contributed by atoms with Gasteiger partial charge in [-0.25, -0.2) is 8.51 Å². The molecule has 2 aliphatic heterocycles. The van der Waals surface area contributed by atoms with Gasteiger partial charge in [0.05, 0.1) is 11.0 Å². The Bertz CT molecular complexity index is 622. The van der Waals surface area contributed by atoms with Crippen molar-refractivity contribution in [1.82, 2.24) is 9.21 Å². The lowest BCUT2D eigenvalue weighted by Gasteiger charge is -2.38. The molecule has 1 unspecified atom stereocenters. The van der Waals surface area contributed by atoms with Crippen LogP contribution in [0.1, 0.15) is 31.7 Å². The third-order valence-electron chi connectivity index (χ3n) is 5.23. The quantitative estimate of drug-likeness (QED) is 0.769. The molecule has 1 atom stereocenters. The van der Waals surface area contributed by atoms with E-state index in [2.05, 4.69) is 41.6 Å². The van der Waals surface area contributed by atoms with E-state index in [4.69, 9.17) is 0 Å². The maximum absolute atomic E-state index is 12.8. The van der Waals surface area contributed by atoms with E-state index in [9.17, 15) is 9.00 Å². The zero-order valence-electron chi connectivity index (χ0n) is 14.3. The lowest BCUT2D eigenvalue weighted by Crippen LogP contribution is -2.43. The van der Waals surface area contributed by atoms with E-state index in [1.54, 1.807) is 0 Å². The molecule has 0 aliphatic carbocycles. The summed E-state index contributed by atoms with van der Waals surface area (Å²) in [6.07, 6.45) is 5.98. The number of hydrogen-bond donors (Lipinski definition) is 0. The summed E-state index contributed by atoms with van der Waals surface area (Å²) in [7, 11) is -0.946. The van der Waals surface area contributed by atoms with E-state index < -0.39 is 11.0 Å². The van der Waals surface area contributed by atoms with Crippen molar-refractivity contribution in [3.8, 4) is 0 Å². The fourth-order valence-electron chi connectivity index (χ4n) is 3.45. The first kappa shape index (κ1) is 17.4. The largest absolute Gasteiger partial charge is 0.345 e. The molecule has 130 valence electrons. The van der Waals surface area contributed by atoms with Crippen molar-refractivity contribution in [3.63, 3.8) is 0 Å². The Labute approximate surface area is 147 Å². The zero-order valence-corrected chi connectivity index (χ0v) is 15.1. The Morgan fingerprint density at radius 3 is 2.46 bits per heavy atom. The molecule has 0 saturated carbocycles. The summed E-state index contributed by atoms with van der Waals surface area (Å²) >= 11 is 0. The maximum Gasteiger partial charge on any atom is 0.209 e. The average Bonchev–Trinajstić information content (AvgIpc) is 2.63. The highest BCUT2D eigenvalue weighted by atomic mass is 32.2. The van der Waals surface area contributed by atoms with Crippen LogP contribution in [0, 0.1) is 5.41 Å². The summed E-state index contributed by atoms with van der Waals surface area (Å²) in [5, 5.41) is 0. The number of benzene rings is 1. The molecule has 1 fully saturated rings. The molecule has 3 rings (SSSR count). The normalized spacial score (nSPS) is 22.7.